The highest BCUT2D eigenvalue weighted by molar-refractivity contribution is 6.73. The zero-order valence-corrected chi connectivity index (χ0v) is 18.5. The van der Waals surface area contributed by atoms with E-state index < -0.39 is 8.32 Å². The van der Waals surface area contributed by atoms with Crippen LogP contribution in [0.5, 0.6) is 0 Å². The van der Waals surface area contributed by atoms with Crippen molar-refractivity contribution in [2.75, 3.05) is 13.1 Å². The summed E-state index contributed by atoms with van der Waals surface area (Å²) in [7, 11) is -1.76. The summed E-state index contributed by atoms with van der Waals surface area (Å²) in [4.78, 5) is 0. The fraction of sp³-hybridized carbons (Fsp3) is 0.684. The van der Waals surface area contributed by atoms with Crippen LogP contribution < -0.4 is 5.32 Å². The Morgan fingerprint density at radius 2 is 1.54 bits per heavy atom. The molecule has 0 aliphatic carbocycles. The molecule has 138 valence electrons. The summed E-state index contributed by atoms with van der Waals surface area (Å²) in [5.41, 5.74) is 1.15. The van der Waals surface area contributed by atoms with E-state index in [0.717, 1.165) is 36.8 Å². The number of hydrogen-bond acceptors (Lipinski definition) is 2. The first-order valence-corrected chi connectivity index (χ1v) is 12.3. The first-order chi connectivity index (χ1) is 11.2. The quantitative estimate of drug-likeness (QED) is 0.474. The van der Waals surface area contributed by atoms with E-state index in [4.69, 9.17) is 27.6 Å². The molecule has 0 radical (unpaired) electrons. The second-order valence-corrected chi connectivity index (χ2v) is 13.2. The second kappa shape index (κ2) is 9.58. The Kier molecular flexibility index (Phi) is 8.78. The Labute approximate surface area is 159 Å². The highest BCUT2D eigenvalue weighted by Crippen LogP contribution is 2.36. The lowest BCUT2D eigenvalue weighted by atomic mass is 9.97. The van der Waals surface area contributed by atoms with Crippen molar-refractivity contribution in [1.82, 2.24) is 5.32 Å². The molecule has 0 bridgehead atoms. The predicted octanol–water partition coefficient (Wildman–Crippen LogP) is 6.69. The van der Waals surface area contributed by atoms with E-state index in [1.54, 1.807) is 0 Å². The van der Waals surface area contributed by atoms with Gasteiger partial charge in [0, 0.05) is 28.7 Å². The Balaban J connectivity index is 3.07. The highest BCUT2D eigenvalue weighted by Gasteiger charge is 2.34. The Morgan fingerprint density at radius 3 is 1.96 bits per heavy atom. The number of halogens is 2. The molecule has 1 unspecified atom stereocenters. The number of benzene rings is 1. The lowest BCUT2D eigenvalue weighted by molar-refractivity contribution is 0.181. The molecule has 0 aliphatic rings. The van der Waals surface area contributed by atoms with Crippen molar-refractivity contribution in [3.8, 4) is 0 Å². The van der Waals surface area contributed by atoms with Crippen LogP contribution in [0.3, 0.4) is 0 Å². The van der Waals surface area contributed by atoms with E-state index in [-0.39, 0.29) is 11.5 Å². The molecule has 0 saturated heterocycles. The standard InChI is InChI=1S/C19H33Cl2NOSi/c1-7-24(8-2,9-3)23-17(13-22-14-19(4,5)6)18-15(20)11-10-12-16(18)21/h10-12,17,22H,7-9,13-14H2,1-6H3. The van der Waals surface area contributed by atoms with Gasteiger partial charge in [-0.3, -0.25) is 0 Å². The van der Waals surface area contributed by atoms with Gasteiger partial charge < -0.3 is 9.74 Å². The molecule has 1 atom stereocenters. The summed E-state index contributed by atoms with van der Waals surface area (Å²) in [6.45, 7) is 15.1. The smallest absolute Gasteiger partial charge is 0.192 e. The topological polar surface area (TPSA) is 21.3 Å². The van der Waals surface area contributed by atoms with Crippen LogP contribution in [0.15, 0.2) is 18.2 Å². The minimum Gasteiger partial charge on any atom is -0.409 e. The van der Waals surface area contributed by atoms with Gasteiger partial charge in [-0.1, -0.05) is 70.8 Å². The molecule has 1 aromatic rings. The SMILES string of the molecule is CC[Si](CC)(CC)OC(CNCC(C)(C)C)c1c(Cl)cccc1Cl. The van der Waals surface area contributed by atoms with Crippen LogP contribution in [0.4, 0.5) is 0 Å². The van der Waals surface area contributed by atoms with Crippen molar-refractivity contribution >= 4 is 31.5 Å². The second-order valence-electron chi connectivity index (χ2n) is 7.68. The third-order valence-corrected chi connectivity index (χ3v) is 9.94. The average molecular weight is 390 g/mol. The first-order valence-electron chi connectivity index (χ1n) is 9.00. The average Bonchev–Trinajstić information content (AvgIpc) is 2.51. The first kappa shape index (κ1) is 22.0. The van der Waals surface area contributed by atoms with Gasteiger partial charge in [0.05, 0.1) is 6.10 Å². The van der Waals surface area contributed by atoms with Gasteiger partial charge in [0.25, 0.3) is 0 Å². The van der Waals surface area contributed by atoms with Crippen molar-refractivity contribution in [3.05, 3.63) is 33.8 Å². The summed E-state index contributed by atoms with van der Waals surface area (Å²) >= 11 is 12.9. The lowest BCUT2D eigenvalue weighted by Crippen LogP contribution is -2.41. The minimum absolute atomic E-state index is 0.0972. The van der Waals surface area contributed by atoms with Gasteiger partial charge in [-0.25, -0.2) is 0 Å². The highest BCUT2D eigenvalue weighted by atomic mass is 35.5. The molecule has 1 rings (SSSR count). The van der Waals surface area contributed by atoms with E-state index >= 15 is 0 Å². The summed E-state index contributed by atoms with van der Waals surface area (Å²) < 4.78 is 6.76. The van der Waals surface area contributed by atoms with Crippen LogP contribution in [-0.2, 0) is 4.43 Å². The zero-order chi connectivity index (χ0) is 18.4. The molecule has 0 aromatic heterocycles. The van der Waals surface area contributed by atoms with Gasteiger partial charge in [-0.2, -0.15) is 0 Å². The molecular weight excluding hydrogens is 357 g/mol. The maximum atomic E-state index is 6.76. The number of nitrogens with one attached hydrogen (secondary N) is 1. The molecular formula is C19H33Cl2NOSi. The van der Waals surface area contributed by atoms with Gasteiger partial charge in [-0.15, -0.1) is 0 Å². The van der Waals surface area contributed by atoms with E-state index in [0.29, 0.717) is 10.0 Å². The van der Waals surface area contributed by atoms with E-state index in [2.05, 4.69) is 46.9 Å². The number of rotatable bonds is 9. The molecule has 0 saturated carbocycles. The molecule has 5 heteroatoms. The van der Waals surface area contributed by atoms with Crippen molar-refractivity contribution < 1.29 is 4.43 Å². The fourth-order valence-corrected chi connectivity index (χ4v) is 6.35. The van der Waals surface area contributed by atoms with Crippen LogP contribution in [0.1, 0.15) is 53.2 Å². The third-order valence-electron chi connectivity index (χ3n) is 4.63. The Hall–Kier alpha value is -0.0631. The van der Waals surface area contributed by atoms with Crippen LogP contribution in [0.2, 0.25) is 28.2 Å². The maximum absolute atomic E-state index is 6.76. The van der Waals surface area contributed by atoms with E-state index in [1.165, 1.54) is 0 Å². The molecule has 0 amide bonds. The molecule has 0 heterocycles. The summed E-state index contributed by atoms with van der Waals surface area (Å²) in [6.07, 6.45) is -0.0972. The molecule has 0 aliphatic heterocycles. The van der Waals surface area contributed by atoms with Crippen molar-refractivity contribution in [3.63, 3.8) is 0 Å². The van der Waals surface area contributed by atoms with Gasteiger partial charge in [0.15, 0.2) is 8.32 Å². The number of hydrogen-bond donors (Lipinski definition) is 1. The molecule has 0 spiro atoms. The van der Waals surface area contributed by atoms with Crippen molar-refractivity contribution in [2.45, 2.75) is 65.8 Å². The summed E-state index contributed by atoms with van der Waals surface area (Å²) in [6, 6.07) is 9.01. The molecule has 0 fully saturated rings. The van der Waals surface area contributed by atoms with Crippen molar-refractivity contribution in [1.29, 1.82) is 0 Å². The largest absolute Gasteiger partial charge is 0.409 e. The van der Waals surface area contributed by atoms with E-state index in [1.807, 2.05) is 18.2 Å². The normalized spacial score (nSPS) is 14.0. The summed E-state index contributed by atoms with van der Waals surface area (Å²) in [5.74, 6) is 0. The van der Waals surface area contributed by atoms with Crippen LogP contribution in [0, 0.1) is 5.41 Å². The van der Waals surface area contributed by atoms with Crippen LogP contribution >= 0.6 is 23.2 Å². The molecule has 24 heavy (non-hydrogen) atoms. The van der Waals surface area contributed by atoms with Gasteiger partial charge in [0.1, 0.15) is 0 Å². The van der Waals surface area contributed by atoms with Gasteiger partial charge in [0.2, 0.25) is 0 Å². The molecule has 1 N–H and O–H groups in total. The molecule has 1 aromatic carbocycles. The lowest BCUT2D eigenvalue weighted by Gasteiger charge is -2.35. The Bertz CT molecular complexity index is 484. The maximum Gasteiger partial charge on any atom is 0.192 e. The van der Waals surface area contributed by atoms with Crippen LogP contribution in [-0.4, -0.2) is 21.4 Å². The zero-order valence-electron chi connectivity index (χ0n) is 16.0. The third kappa shape index (κ3) is 6.34. The monoisotopic (exact) mass is 389 g/mol. The van der Waals surface area contributed by atoms with Crippen LogP contribution in [0.25, 0.3) is 0 Å². The van der Waals surface area contributed by atoms with E-state index in [9.17, 15) is 0 Å². The molecule has 2 nitrogen and oxygen atoms in total. The predicted molar refractivity (Wildman–Crippen MR) is 110 cm³/mol. The van der Waals surface area contributed by atoms with Gasteiger partial charge >= 0.3 is 0 Å². The van der Waals surface area contributed by atoms with Crippen molar-refractivity contribution in [2.24, 2.45) is 5.41 Å². The van der Waals surface area contributed by atoms with Gasteiger partial charge in [-0.05, 0) is 35.7 Å². The fourth-order valence-electron chi connectivity index (χ4n) is 2.90. The minimum atomic E-state index is -1.76. The summed E-state index contributed by atoms with van der Waals surface area (Å²) in [5, 5.41) is 4.94. The Morgan fingerprint density at radius 1 is 1.04 bits per heavy atom.